The predicted molar refractivity (Wildman–Crippen MR) is 80.8 cm³/mol. The minimum Gasteiger partial charge on any atom is -0.384 e. The van der Waals surface area contributed by atoms with Gasteiger partial charge < -0.3 is 11.1 Å². The summed E-state index contributed by atoms with van der Waals surface area (Å²) in [6.07, 6.45) is 1.48. The van der Waals surface area contributed by atoms with Crippen molar-refractivity contribution >= 4 is 23.1 Å². The van der Waals surface area contributed by atoms with Crippen LogP contribution >= 0.6 is 11.3 Å². The van der Waals surface area contributed by atoms with Gasteiger partial charge in [0, 0.05) is 17.0 Å². The Morgan fingerprint density at radius 1 is 1.45 bits per heavy atom. The van der Waals surface area contributed by atoms with Gasteiger partial charge in [0.15, 0.2) is 0 Å². The Morgan fingerprint density at radius 2 is 2.20 bits per heavy atom. The predicted octanol–water partition coefficient (Wildman–Crippen LogP) is 2.48. The van der Waals surface area contributed by atoms with E-state index in [2.05, 4.69) is 29.1 Å². The number of hydrogen-bond acceptors (Lipinski definition) is 5. The molecule has 0 radical (unpaired) electrons. The molecule has 2 heterocycles. The molecule has 5 nitrogen and oxygen atoms in total. The maximum atomic E-state index is 12.0. The number of nitrogens with one attached hydrogen (secondary N) is 1. The van der Waals surface area contributed by atoms with Gasteiger partial charge in [-0.05, 0) is 19.1 Å². The number of pyridine rings is 1. The summed E-state index contributed by atoms with van der Waals surface area (Å²) >= 11 is 1.65. The van der Waals surface area contributed by atoms with Crippen molar-refractivity contribution in [2.75, 3.05) is 5.73 Å². The van der Waals surface area contributed by atoms with Crippen molar-refractivity contribution < 1.29 is 4.79 Å². The Hall–Kier alpha value is -1.95. The molecule has 0 fully saturated rings. The molecule has 20 heavy (non-hydrogen) atoms. The van der Waals surface area contributed by atoms with Gasteiger partial charge in [-0.1, -0.05) is 13.8 Å². The zero-order valence-electron chi connectivity index (χ0n) is 11.8. The molecule has 0 saturated heterocycles. The van der Waals surface area contributed by atoms with Crippen LogP contribution < -0.4 is 11.1 Å². The lowest BCUT2D eigenvalue weighted by Crippen LogP contribution is -2.22. The molecular formula is C14H18N4OS. The fourth-order valence-corrected chi connectivity index (χ4v) is 2.67. The number of hydrogen-bond donors (Lipinski definition) is 2. The zero-order valence-corrected chi connectivity index (χ0v) is 12.6. The number of carbonyl (C=O) groups excluding carboxylic acids is 1. The summed E-state index contributed by atoms with van der Waals surface area (Å²) in [4.78, 5) is 21.5. The second kappa shape index (κ2) is 6.00. The summed E-state index contributed by atoms with van der Waals surface area (Å²) in [5, 5.41) is 3.98. The van der Waals surface area contributed by atoms with Crippen LogP contribution in [0.2, 0.25) is 0 Å². The van der Waals surface area contributed by atoms with Crippen molar-refractivity contribution in [1.82, 2.24) is 15.3 Å². The normalized spacial score (nSPS) is 10.8. The Morgan fingerprint density at radius 3 is 2.75 bits per heavy atom. The van der Waals surface area contributed by atoms with Crippen LogP contribution in [0, 0.1) is 6.92 Å². The van der Waals surface area contributed by atoms with E-state index in [9.17, 15) is 4.79 Å². The summed E-state index contributed by atoms with van der Waals surface area (Å²) in [5.74, 6) is 0.655. The number of amides is 1. The molecule has 3 N–H and O–H groups in total. The van der Waals surface area contributed by atoms with Crippen molar-refractivity contribution in [2.24, 2.45) is 0 Å². The van der Waals surface area contributed by atoms with Crippen LogP contribution in [0.3, 0.4) is 0 Å². The first-order valence-corrected chi connectivity index (χ1v) is 7.25. The molecule has 2 aromatic rings. The Kier molecular flexibility index (Phi) is 4.34. The lowest BCUT2D eigenvalue weighted by Gasteiger charge is -2.04. The fourth-order valence-electron chi connectivity index (χ4n) is 1.66. The van der Waals surface area contributed by atoms with Crippen LogP contribution in [0.4, 0.5) is 5.82 Å². The van der Waals surface area contributed by atoms with E-state index in [1.165, 1.54) is 6.20 Å². The molecule has 0 unspecified atom stereocenters. The maximum absolute atomic E-state index is 12.0. The third kappa shape index (κ3) is 3.33. The van der Waals surface area contributed by atoms with Crippen molar-refractivity contribution in [3.63, 3.8) is 0 Å². The standard InChI is InChI=1S/C14H18N4OS/c1-8(2)14-18-9(3)11(20-14)7-17-13(19)10-4-5-12(15)16-6-10/h4-6,8H,7H2,1-3H3,(H2,15,16)(H,17,19). The first-order chi connectivity index (χ1) is 9.47. The van der Waals surface area contributed by atoms with E-state index in [1.54, 1.807) is 23.5 Å². The molecule has 2 rings (SSSR count). The van der Waals surface area contributed by atoms with Crippen LogP contribution in [-0.4, -0.2) is 15.9 Å². The molecule has 0 aliphatic carbocycles. The number of nitrogen functional groups attached to an aromatic ring is 1. The Labute approximate surface area is 122 Å². The Balaban J connectivity index is 2.01. The summed E-state index contributed by atoms with van der Waals surface area (Å²) < 4.78 is 0. The molecule has 1 amide bonds. The van der Waals surface area contributed by atoms with Gasteiger partial charge >= 0.3 is 0 Å². The van der Waals surface area contributed by atoms with Crippen molar-refractivity contribution in [2.45, 2.75) is 33.2 Å². The van der Waals surface area contributed by atoms with E-state index in [0.29, 0.717) is 23.8 Å². The SMILES string of the molecule is Cc1nc(C(C)C)sc1CNC(=O)c1ccc(N)nc1. The maximum Gasteiger partial charge on any atom is 0.253 e. The summed E-state index contributed by atoms with van der Waals surface area (Å²) in [6, 6.07) is 3.28. The lowest BCUT2D eigenvalue weighted by molar-refractivity contribution is 0.0951. The van der Waals surface area contributed by atoms with Gasteiger partial charge in [-0.3, -0.25) is 4.79 Å². The van der Waals surface area contributed by atoms with E-state index in [0.717, 1.165) is 15.6 Å². The van der Waals surface area contributed by atoms with Crippen molar-refractivity contribution in [1.29, 1.82) is 0 Å². The summed E-state index contributed by atoms with van der Waals surface area (Å²) in [6.45, 7) is 6.68. The van der Waals surface area contributed by atoms with E-state index in [4.69, 9.17) is 5.73 Å². The van der Waals surface area contributed by atoms with E-state index < -0.39 is 0 Å². The van der Waals surface area contributed by atoms with Gasteiger partial charge in [0.1, 0.15) is 5.82 Å². The van der Waals surface area contributed by atoms with Crippen LogP contribution in [-0.2, 0) is 6.54 Å². The molecule has 0 spiro atoms. The van der Waals surface area contributed by atoms with E-state index in [-0.39, 0.29) is 5.91 Å². The number of anilines is 1. The third-order valence-corrected chi connectivity index (χ3v) is 4.32. The number of rotatable bonds is 4. The number of nitrogens with two attached hydrogens (primary N) is 1. The molecule has 0 atom stereocenters. The van der Waals surface area contributed by atoms with Crippen LogP contribution in [0.5, 0.6) is 0 Å². The second-order valence-corrected chi connectivity index (χ2v) is 5.99. The Bertz CT molecular complexity index is 604. The first-order valence-electron chi connectivity index (χ1n) is 6.43. The molecule has 2 aromatic heterocycles. The monoisotopic (exact) mass is 290 g/mol. The fraction of sp³-hybridized carbons (Fsp3) is 0.357. The molecule has 0 aliphatic heterocycles. The van der Waals surface area contributed by atoms with Crippen LogP contribution in [0.25, 0.3) is 0 Å². The number of aryl methyl sites for hydroxylation is 1. The number of aromatic nitrogens is 2. The number of carbonyl (C=O) groups is 1. The molecule has 106 valence electrons. The molecular weight excluding hydrogens is 272 g/mol. The third-order valence-electron chi connectivity index (χ3n) is 2.86. The van der Waals surface area contributed by atoms with Crippen LogP contribution in [0.1, 0.15) is 45.7 Å². The van der Waals surface area contributed by atoms with Crippen molar-refractivity contribution in [3.05, 3.63) is 39.5 Å². The number of nitrogens with zero attached hydrogens (tertiary/aromatic N) is 2. The lowest BCUT2D eigenvalue weighted by atomic mass is 10.2. The highest BCUT2D eigenvalue weighted by molar-refractivity contribution is 7.11. The molecule has 0 bridgehead atoms. The number of thiazole rings is 1. The largest absolute Gasteiger partial charge is 0.384 e. The van der Waals surface area contributed by atoms with Gasteiger partial charge in [0.2, 0.25) is 0 Å². The van der Waals surface area contributed by atoms with Crippen molar-refractivity contribution in [3.8, 4) is 0 Å². The van der Waals surface area contributed by atoms with Gasteiger partial charge in [0.25, 0.3) is 5.91 Å². The molecule has 0 aromatic carbocycles. The van der Waals surface area contributed by atoms with Gasteiger partial charge in [-0.15, -0.1) is 11.3 Å². The van der Waals surface area contributed by atoms with Crippen LogP contribution in [0.15, 0.2) is 18.3 Å². The molecule has 0 saturated carbocycles. The van der Waals surface area contributed by atoms with E-state index >= 15 is 0 Å². The quantitative estimate of drug-likeness (QED) is 0.906. The first kappa shape index (κ1) is 14.5. The highest BCUT2D eigenvalue weighted by Gasteiger charge is 2.12. The van der Waals surface area contributed by atoms with E-state index in [1.807, 2.05) is 6.92 Å². The highest BCUT2D eigenvalue weighted by atomic mass is 32.1. The molecule has 6 heteroatoms. The summed E-state index contributed by atoms with van der Waals surface area (Å²) in [7, 11) is 0. The topological polar surface area (TPSA) is 80.9 Å². The average molecular weight is 290 g/mol. The average Bonchev–Trinajstić information content (AvgIpc) is 2.78. The minimum absolute atomic E-state index is 0.156. The smallest absolute Gasteiger partial charge is 0.253 e. The second-order valence-electron chi connectivity index (χ2n) is 4.87. The minimum atomic E-state index is -0.156. The molecule has 0 aliphatic rings. The zero-order chi connectivity index (χ0) is 14.7. The van der Waals surface area contributed by atoms with Gasteiger partial charge in [0.05, 0.1) is 22.8 Å². The van der Waals surface area contributed by atoms with Gasteiger partial charge in [-0.25, -0.2) is 9.97 Å². The highest BCUT2D eigenvalue weighted by Crippen LogP contribution is 2.24. The summed E-state index contributed by atoms with van der Waals surface area (Å²) in [5.41, 5.74) is 6.98. The van der Waals surface area contributed by atoms with Gasteiger partial charge in [-0.2, -0.15) is 0 Å².